The third kappa shape index (κ3) is 7.92. The maximum atomic E-state index is 13.6. The number of carbonyl (C=O) groups excluding carboxylic acids is 1. The summed E-state index contributed by atoms with van der Waals surface area (Å²) in [7, 11) is 1.64. The summed E-state index contributed by atoms with van der Waals surface area (Å²) >= 11 is 7.29. The van der Waals surface area contributed by atoms with E-state index in [1.54, 1.807) is 20.1 Å². The summed E-state index contributed by atoms with van der Waals surface area (Å²) < 4.78 is 61.9. The summed E-state index contributed by atoms with van der Waals surface area (Å²) in [6.07, 6.45) is 3.94. The van der Waals surface area contributed by atoms with E-state index in [0.717, 1.165) is 61.3 Å². The predicted octanol–water partition coefficient (Wildman–Crippen LogP) is 8.17. The molecule has 2 aliphatic heterocycles. The van der Waals surface area contributed by atoms with Gasteiger partial charge in [0.15, 0.2) is 0 Å². The maximum absolute atomic E-state index is 13.6. The van der Waals surface area contributed by atoms with E-state index in [1.807, 2.05) is 30.4 Å². The molecule has 0 radical (unpaired) electrons. The molecule has 2 aromatic carbocycles. The molecule has 4 aliphatic rings. The van der Waals surface area contributed by atoms with Crippen molar-refractivity contribution in [3.8, 4) is 5.75 Å². The van der Waals surface area contributed by atoms with E-state index in [9.17, 15) is 18.0 Å². The van der Waals surface area contributed by atoms with E-state index >= 15 is 0 Å². The molecule has 1 fully saturated rings. The van der Waals surface area contributed by atoms with Crippen molar-refractivity contribution in [2.75, 3.05) is 44.9 Å². The molecule has 6 nitrogen and oxygen atoms in total. The lowest BCUT2D eigenvalue weighted by Crippen LogP contribution is -2.49. The first kappa shape index (κ1) is 34.5. The number of carbonyl (C=O) groups is 1. The quantitative estimate of drug-likeness (QED) is 0.194. The zero-order chi connectivity index (χ0) is 33.2. The Labute approximate surface area is 284 Å². The smallest absolute Gasteiger partial charge is 0.390 e. The van der Waals surface area contributed by atoms with Crippen molar-refractivity contribution in [2.45, 2.75) is 74.8 Å². The van der Waals surface area contributed by atoms with E-state index in [2.05, 4.69) is 21.8 Å². The Balaban J connectivity index is 1.37. The molecule has 1 amide bonds. The number of halogens is 4. The van der Waals surface area contributed by atoms with Crippen LogP contribution in [0.3, 0.4) is 0 Å². The van der Waals surface area contributed by atoms with Gasteiger partial charge in [0.25, 0.3) is 5.91 Å². The van der Waals surface area contributed by atoms with Crippen LogP contribution in [-0.2, 0) is 21.3 Å². The number of nitrogens with zero attached hydrogens (tertiary/aromatic N) is 1. The average molecular weight is 693 g/mol. The van der Waals surface area contributed by atoms with Gasteiger partial charge >= 0.3 is 6.18 Å². The van der Waals surface area contributed by atoms with Gasteiger partial charge in [0.05, 0.1) is 38.0 Å². The number of hydrogen-bond acceptors (Lipinski definition) is 6. The number of rotatable bonds is 5. The highest BCUT2D eigenvalue weighted by Gasteiger charge is 2.44. The normalized spacial score (nSPS) is 30.3. The van der Waals surface area contributed by atoms with Crippen molar-refractivity contribution in [3.63, 3.8) is 0 Å². The molecule has 2 aromatic rings. The van der Waals surface area contributed by atoms with Crippen LogP contribution in [0.2, 0.25) is 5.02 Å². The number of methoxy groups -OCH3 is 1. The minimum Gasteiger partial charge on any atom is -0.490 e. The molecule has 0 aromatic heterocycles. The molecule has 256 valence electrons. The Kier molecular flexibility index (Phi) is 10.7. The number of allylic oxidation sites excluding steroid dienone is 1. The van der Waals surface area contributed by atoms with Crippen molar-refractivity contribution in [3.05, 3.63) is 70.3 Å². The lowest BCUT2D eigenvalue weighted by atomic mass is 9.68. The second-order valence-corrected chi connectivity index (χ2v) is 15.1. The number of benzene rings is 2. The van der Waals surface area contributed by atoms with Crippen LogP contribution in [0.5, 0.6) is 5.75 Å². The molecule has 11 heteroatoms. The Morgan fingerprint density at radius 1 is 1.17 bits per heavy atom. The summed E-state index contributed by atoms with van der Waals surface area (Å²) in [4.78, 5) is 15.9. The summed E-state index contributed by atoms with van der Waals surface area (Å²) in [6.45, 7) is 4.70. The van der Waals surface area contributed by atoms with Gasteiger partial charge in [-0.05, 0) is 110 Å². The molecule has 47 heavy (non-hydrogen) atoms. The maximum Gasteiger partial charge on any atom is 0.390 e. The number of alkyl halides is 3. The van der Waals surface area contributed by atoms with Crippen LogP contribution in [0, 0.1) is 17.8 Å². The Bertz CT molecular complexity index is 1460. The van der Waals surface area contributed by atoms with E-state index < -0.39 is 23.8 Å². The monoisotopic (exact) mass is 692 g/mol. The Hall–Kier alpha value is -2.40. The van der Waals surface area contributed by atoms with E-state index in [-0.39, 0.29) is 23.4 Å². The minimum atomic E-state index is -4.35. The van der Waals surface area contributed by atoms with Gasteiger partial charge in [-0.15, -0.1) is 0 Å². The fourth-order valence-corrected chi connectivity index (χ4v) is 8.92. The van der Waals surface area contributed by atoms with E-state index in [4.69, 9.17) is 25.8 Å². The van der Waals surface area contributed by atoms with Crippen LogP contribution in [-0.4, -0.2) is 63.5 Å². The van der Waals surface area contributed by atoms with Crippen molar-refractivity contribution < 1.29 is 32.2 Å². The van der Waals surface area contributed by atoms with E-state index in [0.29, 0.717) is 50.0 Å². The van der Waals surface area contributed by atoms with Crippen molar-refractivity contribution >= 4 is 35.1 Å². The zero-order valence-corrected chi connectivity index (χ0v) is 28.6. The summed E-state index contributed by atoms with van der Waals surface area (Å²) in [6, 6.07) is 11.6. The molecule has 2 bridgehead atoms. The number of fused-ring (bicyclic) bond motifs is 4. The van der Waals surface area contributed by atoms with Crippen molar-refractivity contribution in [1.82, 2.24) is 4.72 Å². The van der Waals surface area contributed by atoms with Crippen molar-refractivity contribution in [2.24, 2.45) is 17.8 Å². The van der Waals surface area contributed by atoms with Gasteiger partial charge in [0, 0.05) is 41.5 Å². The van der Waals surface area contributed by atoms with Gasteiger partial charge in [-0.1, -0.05) is 36.7 Å². The number of amides is 1. The number of nitrogens with one attached hydrogen (secondary N) is 1. The summed E-state index contributed by atoms with van der Waals surface area (Å²) in [5, 5.41) is -0.116. The topological polar surface area (TPSA) is 60.0 Å². The molecule has 6 atom stereocenters. The Morgan fingerprint density at radius 3 is 2.79 bits per heavy atom. The van der Waals surface area contributed by atoms with Crippen LogP contribution in [0.15, 0.2) is 48.6 Å². The zero-order valence-electron chi connectivity index (χ0n) is 27.0. The van der Waals surface area contributed by atoms with Crippen LogP contribution < -0.4 is 14.4 Å². The van der Waals surface area contributed by atoms with Crippen LogP contribution in [0.25, 0.3) is 0 Å². The molecule has 6 rings (SSSR count). The predicted molar refractivity (Wildman–Crippen MR) is 180 cm³/mol. The summed E-state index contributed by atoms with van der Waals surface area (Å²) in [5.41, 5.74) is 3.50. The molecular formula is C36H44ClF3N2O4S. The number of anilines is 1. The molecule has 2 heterocycles. The highest BCUT2D eigenvalue weighted by atomic mass is 35.5. The average Bonchev–Trinajstić information content (AvgIpc) is 3.17. The Morgan fingerprint density at radius 2 is 2.02 bits per heavy atom. The lowest BCUT2D eigenvalue weighted by molar-refractivity contribution is -0.135. The van der Waals surface area contributed by atoms with Gasteiger partial charge in [0.1, 0.15) is 5.75 Å². The van der Waals surface area contributed by atoms with Gasteiger partial charge < -0.3 is 19.1 Å². The van der Waals surface area contributed by atoms with E-state index in [1.165, 1.54) is 11.1 Å². The lowest BCUT2D eigenvalue weighted by Gasteiger charge is -2.46. The fraction of sp³-hybridized carbons (Fsp3) is 0.583. The number of hydrogen-bond donors (Lipinski definition) is 1. The highest BCUT2D eigenvalue weighted by Crippen LogP contribution is 2.47. The first-order valence-electron chi connectivity index (χ1n) is 16.7. The summed E-state index contributed by atoms with van der Waals surface area (Å²) in [5.74, 6) is 0.535. The van der Waals surface area contributed by atoms with Crippen molar-refractivity contribution in [1.29, 1.82) is 0 Å². The molecule has 1 saturated carbocycles. The molecule has 1 spiro atoms. The van der Waals surface area contributed by atoms with Gasteiger partial charge in [-0.3, -0.25) is 9.52 Å². The standard InChI is InChI=1S/C36H44ClF3N2O4S/c1-23-5-3-7-31(45-16-15-44-2)28-11-8-26(28)20-42-21-35(14-4-6-24-17-27(37)10-12-29(24)35)22-46-32-13-9-25(18-30(32)42)34(43)41-47-33(23)19-36(38,39)40/h3,7,9-10,12-13,17-18,23,26,28,31,33H,4-6,8,11,14-16,19-22H2,1-2H3,(H,41,43)/b7-3-/t23-,26-,28+,31-,33+,35-/m0/s1. The molecule has 0 saturated heterocycles. The first-order chi connectivity index (χ1) is 22.5. The molecule has 1 N–H and O–H groups in total. The largest absolute Gasteiger partial charge is 0.490 e. The third-order valence-corrected chi connectivity index (χ3v) is 11.9. The van der Waals surface area contributed by atoms with Gasteiger partial charge in [-0.25, -0.2) is 0 Å². The van der Waals surface area contributed by atoms with Gasteiger partial charge in [-0.2, -0.15) is 13.2 Å². The van der Waals surface area contributed by atoms with Crippen LogP contribution in [0.1, 0.15) is 66.9 Å². The van der Waals surface area contributed by atoms with Crippen LogP contribution in [0.4, 0.5) is 18.9 Å². The number of aryl methyl sites for hydroxylation is 1. The second-order valence-electron chi connectivity index (χ2n) is 13.7. The molecular weight excluding hydrogens is 649 g/mol. The second kappa shape index (κ2) is 14.6. The first-order valence-corrected chi connectivity index (χ1v) is 17.9. The van der Waals surface area contributed by atoms with Crippen LogP contribution >= 0.6 is 23.5 Å². The SMILES string of the molecule is COCCO[C@H]1/C=C\C[C@H](C)[C@@H](CC(F)(F)F)SNC(=O)c2ccc3c(c2)N(C[C@@H]2CC[C@H]21)C[C@@]1(CCCc2cc(Cl)ccc21)CO3. The third-order valence-electron chi connectivity index (χ3n) is 10.5. The highest BCUT2D eigenvalue weighted by molar-refractivity contribution is 7.98. The molecule has 0 unspecified atom stereocenters. The van der Waals surface area contributed by atoms with Gasteiger partial charge in [0.2, 0.25) is 0 Å². The fourth-order valence-electron chi connectivity index (χ4n) is 7.74. The molecule has 2 aliphatic carbocycles. The number of ether oxygens (including phenoxy) is 3. The minimum absolute atomic E-state index is 0.169.